The Bertz CT molecular complexity index is 682. The minimum Gasteiger partial charge on any atom is -0.508 e. The summed E-state index contributed by atoms with van der Waals surface area (Å²) in [4.78, 5) is 12.5. The summed E-state index contributed by atoms with van der Waals surface area (Å²) in [7, 11) is 1.60. The molecule has 2 aliphatic rings. The number of phenolic OH excluding ortho intramolecular Hbond substituents is 1. The summed E-state index contributed by atoms with van der Waals surface area (Å²) in [6.07, 6.45) is 3.83. The summed E-state index contributed by atoms with van der Waals surface area (Å²) in [5, 5.41) is 14.2. The molecule has 6 heteroatoms. The molecular weight excluding hydrogens is 366 g/mol. The molecule has 3 rings (SSSR count). The Kier molecular flexibility index (Phi) is 6.34. The third kappa shape index (κ3) is 4.58. The van der Waals surface area contributed by atoms with Gasteiger partial charge in [-0.15, -0.1) is 0 Å². The standard InChI is InChI=1S/C21H30ClNO4/c1-13-4-6-16-18(10-13)27-19(15-11-14(22)5-7-17(15)24)12-21(16,2)23-20(25)8-9-26-3/h5,7,11,13,16,18-19,24H,4,6,8-10,12H2,1-3H3,(H,23,25)/t13-,16-,18-,19-,21-/m1/s1. The molecule has 2 fully saturated rings. The van der Waals surface area contributed by atoms with Gasteiger partial charge in [0.25, 0.3) is 0 Å². The topological polar surface area (TPSA) is 67.8 Å². The largest absolute Gasteiger partial charge is 0.508 e. The molecule has 0 spiro atoms. The van der Waals surface area contributed by atoms with Crippen molar-refractivity contribution in [3.05, 3.63) is 28.8 Å². The van der Waals surface area contributed by atoms with Crippen molar-refractivity contribution in [2.24, 2.45) is 11.8 Å². The molecule has 1 aliphatic heterocycles. The van der Waals surface area contributed by atoms with Gasteiger partial charge in [-0.3, -0.25) is 4.79 Å². The molecule has 0 unspecified atom stereocenters. The van der Waals surface area contributed by atoms with Crippen LogP contribution in [0.3, 0.4) is 0 Å². The number of hydrogen-bond donors (Lipinski definition) is 2. The van der Waals surface area contributed by atoms with E-state index in [0.717, 1.165) is 19.3 Å². The number of nitrogens with one attached hydrogen (secondary N) is 1. The van der Waals surface area contributed by atoms with E-state index in [9.17, 15) is 9.90 Å². The third-order valence-corrected chi connectivity index (χ3v) is 6.35. The van der Waals surface area contributed by atoms with Gasteiger partial charge in [-0.05, 0) is 43.9 Å². The molecule has 1 heterocycles. The first-order valence-corrected chi connectivity index (χ1v) is 10.1. The van der Waals surface area contributed by atoms with Gasteiger partial charge in [-0.1, -0.05) is 24.9 Å². The van der Waals surface area contributed by atoms with E-state index in [-0.39, 0.29) is 29.8 Å². The molecule has 1 aliphatic carbocycles. The monoisotopic (exact) mass is 395 g/mol. The molecule has 0 radical (unpaired) electrons. The number of aromatic hydroxyl groups is 1. The first-order chi connectivity index (χ1) is 12.8. The molecule has 1 saturated carbocycles. The second-order valence-corrected chi connectivity index (χ2v) is 8.74. The van der Waals surface area contributed by atoms with Crippen LogP contribution in [0.15, 0.2) is 18.2 Å². The zero-order valence-corrected chi connectivity index (χ0v) is 17.1. The molecule has 1 aromatic rings. The van der Waals surface area contributed by atoms with Crippen LogP contribution in [-0.2, 0) is 14.3 Å². The molecular formula is C21H30ClNO4. The number of carbonyl (C=O) groups excluding carboxylic acids is 1. The second kappa shape index (κ2) is 8.38. The van der Waals surface area contributed by atoms with Crippen molar-refractivity contribution in [1.82, 2.24) is 5.32 Å². The Labute approximate surface area is 166 Å². The van der Waals surface area contributed by atoms with Gasteiger partial charge in [0, 0.05) is 42.0 Å². The fourth-order valence-electron chi connectivity index (χ4n) is 4.69. The van der Waals surface area contributed by atoms with Gasteiger partial charge in [0.05, 0.1) is 18.8 Å². The van der Waals surface area contributed by atoms with E-state index in [1.54, 1.807) is 25.3 Å². The Morgan fingerprint density at radius 3 is 2.96 bits per heavy atom. The summed E-state index contributed by atoms with van der Waals surface area (Å²) >= 11 is 6.16. The maximum atomic E-state index is 12.5. The summed E-state index contributed by atoms with van der Waals surface area (Å²) in [6.45, 7) is 4.76. The fourth-order valence-corrected chi connectivity index (χ4v) is 4.87. The zero-order valence-electron chi connectivity index (χ0n) is 16.3. The lowest BCUT2D eigenvalue weighted by atomic mass is 9.66. The Balaban J connectivity index is 1.87. The second-order valence-electron chi connectivity index (χ2n) is 8.30. The van der Waals surface area contributed by atoms with Crippen molar-refractivity contribution >= 4 is 17.5 Å². The van der Waals surface area contributed by atoms with Crippen LogP contribution in [-0.4, -0.2) is 36.4 Å². The number of phenols is 1. The van der Waals surface area contributed by atoms with Crippen molar-refractivity contribution in [2.75, 3.05) is 13.7 Å². The molecule has 0 bridgehead atoms. The van der Waals surface area contributed by atoms with Crippen LogP contribution in [0.1, 0.15) is 57.6 Å². The number of methoxy groups -OCH3 is 1. The van der Waals surface area contributed by atoms with Crippen LogP contribution >= 0.6 is 11.6 Å². The molecule has 5 nitrogen and oxygen atoms in total. The van der Waals surface area contributed by atoms with Gasteiger partial charge < -0.3 is 19.9 Å². The number of rotatable bonds is 5. The number of ether oxygens (including phenoxy) is 2. The highest BCUT2D eigenvalue weighted by Crippen LogP contribution is 2.49. The number of halogens is 1. The van der Waals surface area contributed by atoms with Crippen LogP contribution in [0.4, 0.5) is 0 Å². The molecule has 1 amide bonds. The van der Waals surface area contributed by atoms with Crippen LogP contribution in [0.5, 0.6) is 5.75 Å². The van der Waals surface area contributed by atoms with E-state index in [1.165, 1.54) is 0 Å². The van der Waals surface area contributed by atoms with Gasteiger partial charge in [0.2, 0.25) is 5.91 Å². The maximum Gasteiger partial charge on any atom is 0.222 e. The van der Waals surface area contributed by atoms with Gasteiger partial charge >= 0.3 is 0 Å². The Morgan fingerprint density at radius 2 is 2.22 bits per heavy atom. The maximum absolute atomic E-state index is 12.5. The van der Waals surface area contributed by atoms with Gasteiger partial charge in [-0.25, -0.2) is 0 Å². The van der Waals surface area contributed by atoms with Crippen LogP contribution in [0.2, 0.25) is 5.02 Å². The van der Waals surface area contributed by atoms with E-state index in [2.05, 4.69) is 19.2 Å². The predicted octanol–water partition coefficient (Wildman–Crippen LogP) is 4.22. The molecule has 0 aromatic heterocycles. The summed E-state index contributed by atoms with van der Waals surface area (Å²) in [5.74, 6) is 1.02. The summed E-state index contributed by atoms with van der Waals surface area (Å²) < 4.78 is 11.5. The van der Waals surface area contributed by atoms with Gasteiger partial charge in [0.1, 0.15) is 5.75 Å². The quantitative estimate of drug-likeness (QED) is 0.783. The fraction of sp³-hybridized carbons (Fsp3) is 0.667. The predicted molar refractivity (Wildman–Crippen MR) is 105 cm³/mol. The average Bonchev–Trinajstić information content (AvgIpc) is 2.61. The number of fused-ring (bicyclic) bond motifs is 1. The van der Waals surface area contributed by atoms with Crippen molar-refractivity contribution in [3.63, 3.8) is 0 Å². The van der Waals surface area contributed by atoms with Crippen LogP contribution in [0.25, 0.3) is 0 Å². The number of carbonyl (C=O) groups is 1. The SMILES string of the molecule is COCCC(=O)N[C@]1(C)C[C@H](c2cc(Cl)ccc2O)O[C@@H]2C[C@H](C)CC[C@H]21. The van der Waals surface area contributed by atoms with E-state index < -0.39 is 5.54 Å². The third-order valence-electron chi connectivity index (χ3n) is 6.12. The molecule has 1 saturated heterocycles. The Hall–Kier alpha value is -1.30. The highest BCUT2D eigenvalue weighted by atomic mass is 35.5. The molecule has 27 heavy (non-hydrogen) atoms. The number of amides is 1. The number of hydrogen-bond acceptors (Lipinski definition) is 4. The zero-order chi connectivity index (χ0) is 19.6. The summed E-state index contributed by atoms with van der Waals surface area (Å²) in [6, 6.07) is 5.03. The molecule has 1 aromatic carbocycles. The molecule has 2 N–H and O–H groups in total. The minimum absolute atomic E-state index is 0.00677. The first kappa shape index (κ1) is 20.4. The van der Waals surface area contributed by atoms with E-state index in [1.807, 2.05) is 0 Å². The van der Waals surface area contributed by atoms with Crippen molar-refractivity contribution in [1.29, 1.82) is 0 Å². The van der Waals surface area contributed by atoms with Crippen LogP contribution in [0, 0.1) is 11.8 Å². The van der Waals surface area contributed by atoms with Gasteiger partial charge in [-0.2, -0.15) is 0 Å². The highest BCUT2D eigenvalue weighted by molar-refractivity contribution is 6.30. The number of benzene rings is 1. The van der Waals surface area contributed by atoms with Gasteiger partial charge in [0.15, 0.2) is 0 Å². The lowest BCUT2D eigenvalue weighted by Crippen LogP contribution is -2.60. The average molecular weight is 396 g/mol. The van der Waals surface area contributed by atoms with E-state index >= 15 is 0 Å². The minimum atomic E-state index is -0.396. The Morgan fingerprint density at radius 1 is 1.44 bits per heavy atom. The first-order valence-electron chi connectivity index (χ1n) is 9.76. The van der Waals surface area contributed by atoms with Crippen molar-refractivity contribution < 1.29 is 19.4 Å². The normalized spacial score (nSPS) is 33.3. The van der Waals surface area contributed by atoms with Crippen molar-refractivity contribution in [2.45, 2.75) is 63.7 Å². The van der Waals surface area contributed by atoms with E-state index in [0.29, 0.717) is 36.0 Å². The molecule has 150 valence electrons. The molecule has 5 atom stereocenters. The highest BCUT2D eigenvalue weighted by Gasteiger charge is 2.49. The smallest absolute Gasteiger partial charge is 0.222 e. The summed E-state index contributed by atoms with van der Waals surface area (Å²) in [5.41, 5.74) is 0.296. The van der Waals surface area contributed by atoms with Crippen molar-refractivity contribution in [3.8, 4) is 5.75 Å². The lowest BCUT2D eigenvalue weighted by Gasteiger charge is -2.52. The van der Waals surface area contributed by atoms with Crippen LogP contribution < -0.4 is 5.32 Å². The lowest BCUT2D eigenvalue weighted by molar-refractivity contribution is -0.154. The van der Waals surface area contributed by atoms with E-state index in [4.69, 9.17) is 21.1 Å².